The minimum absolute atomic E-state index is 0.249. The van der Waals surface area contributed by atoms with E-state index in [0.29, 0.717) is 29.3 Å². The maximum Gasteiger partial charge on any atom is 0.318 e. The number of aromatic nitrogens is 1. The molecule has 138 valence electrons. The molecule has 0 radical (unpaired) electrons. The third kappa shape index (κ3) is 5.29. The molecular weight excluding hydrogens is 364 g/mol. The number of ether oxygens (including phenoxy) is 1. The van der Waals surface area contributed by atoms with Crippen LogP contribution in [0.15, 0.2) is 59.4 Å². The zero-order valence-electron chi connectivity index (χ0n) is 14.6. The van der Waals surface area contributed by atoms with Gasteiger partial charge in [-0.3, -0.25) is 4.79 Å². The third-order valence-electron chi connectivity index (χ3n) is 3.59. The Morgan fingerprint density at radius 2 is 1.81 bits per heavy atom. The van der Waals surface area contributed by atoms with Crippen molar-refractivity contribution in [1.82, 2.24) is 10.3 Å². The molecule has 0 aliphatic rings. The number of nitrogens with one attached hydrogen (secondary N) is 3. The van der Waals surface area contributed by atoms with Crippen LogP contribution in [0.5, 0.6) is 5.75 Å². The van der Waals surface area contributed by atoms with Crippen molar-refractivity contribution in [2.45, 2.75) is 6.61 Å². The standard InChI is InChI=1S/C19H18N4O3S/c1-20-19(25)23-15-7-5-14(6-8-15)22-18(24)13-3-2-4-17(9-13)26-10-16-11-27-12-21-16/h2-9,11-12H,10H2,1H3,(H,22,24)(H2,20,23,25). The van der Waals surface area contributed by atoms with E-state index >= 15 is 0 Å². The average Bonchev–Trinajstić information content (AvgIpc) is 3.21. The number of hydrogen-bond donors (Lipinski definition) is 3. The predicted octanol–water partition coefficient (Wildman–Crippen LogP) is 3.73. The van der Waals surface area contributed by atoms with Gasteiger partial charge in [0.1, 0.15) is 12.4 Å². The summed E-state index contributed by atoms with van der Waals surface area (Å²) in [5.74, 6) is 0.349. The van der Waals surface area contributed by atoms with Crippen LogP contribution in [-0.4, -0.2) is 24.0 Å². The normalized spacial score (nSPS) is 10.1. The Morgan fingerprint density at radius 1 is 1.07 bits per heavy atom. The molecule has 3 rings (SSSR count). The van der Waals surface area contributed by atoms with Gasteiger partial charge in [-0.25, -0.2) is 9.78 Å². The maximum absolute atomic E-state index is 12.5. The van der Waals surface area contributed by atoms with Crippen LogP contribution in [0.3, 0.4) is 0 Å². The number of amides is 3. The summed E-state index contributed by atoms with van der Waals surface area (Å²) >= 11 is 1.51. The first-order chi connectivity index (χ1) is 13.1. The fraction of sp³-hybridized carbons (Fsp3) is 0.105. The fourth-order valence-corrected chi connectivity index (χ4v) is 2.77. The first kappa shape index (κ1) is 18.4. The Bertz CT molecular complexity index is 911. The van der Waals surface area contributed by atoms with Crippen LogP contribution in [0.25, 0.3) is 0 Å². The second kappa shape index (κ2) is 8.81. The van der Waals surface area contributed by atoms with Gasteiger partial charge in [-0.05, 0) is 42.5 Å². The number of nitrogens with zero attached hydrogens (tertiary/aromatic N) is 1. The van der Waals surface area contributed by atoms with Gasteiger partial charge in [0.05, 0.1) is 11.2 Å². The van der Waals surface area contributed by atoms with Gasteiger partial charge in [0.2, 0.25) is 0 Å². The van der Waals surface area contributed by atoms with Gasteiger partial charge >= 0.3 is 6.03 Å². The summed E-state index contributed by atoms with van der Waals surface area (Å²) in [5, 5.41) is 9.86. The van der Waals surface area contributed by atoms with Gasteiger partial charge < -0.3 is 20.7 Å². The van der Waals surface area contributed by atoms with Crippen LogP contribution in [0.4, 0.5) is 16.2 Å². The van der Waals surface area contributed by atoms with E-state index in [1.165, 1.54) is 11.3 Å². The summed E-state index contributed by atoms with van der Waals surface area (Å²) < 4.78 is 5.67. The summed E-state index contributed by atoms with van der Waals surface area (Å²) in [6, 6.07) is 13.5. The summed E-state index contributed by atoms with van der Waals surface area (Å²) in [6.45, 7) is 0.356. The summed E-state index contributed by atoms with van der Waals surface area (Å²) in [5.41, 5.74) is 4.33. The number of thiazole rings is 1. The van der Waals surface area contributed by atoms with Gasteiger partial charge in [0, 0.05) is 29.4 Å². The van der Waals surface area contributed by atoms with Crippen LogP contribution >= 0.6 is 11.3 Å². The lowest BCUT2D eigenvalue weighted by molar-refractivity contribution is 0.102. The minimum Gasteiger partial charge on any atom is -0.487 e. The number of benzene rings is 2. The molecule has 0 aliphatic carbocycles. The summed E-state index contributed by atoms with van der Waals surface area (Å²) in [4.78, 5) is 27.9. The molecule has 0 unspecified atom stereocenters. The number of urea groups is 1. The number of anilines is 2. The van der Waals surface area contributed by atoms with E-state index in [4.69, 9.17) is 4.74 Å². The molecule has 3 amide bonds. The molecule has 0 spiro atoms. The molecule has 1 heterocycles. The zero-order chi connectivity index (χ0) is 19.1. The molecule has 27 heavy (non-hydrogen) atoms. The fourth-order valence-electron chi connectivity index (χ4n) is 2.23. The molecule has 7 nitrogen and oxygen atoms in total. The van der Waals surface area contributed by atoms with Crippen LogP contribution < -0.4 is 20.7 Å². The SMILES string of the molecule is CNC(=O)Nc1ccc(NC(=O)c2cccc(OCc3cscn3)c2)cc1. The van der Waals surface area contributed by atoms with Crippen molar-refractivity contribution in [2.24, 2.45) is 0 Å². The molecule has 3 aromatic rings. The van der Waals surface area contributed by atoms with E-state index < -0.39 is 0 Å². The Morgan fingerprint density at radius 3 is 2.48 bits per heavy atom. The summed E-state index contributed by atoms with van der Waals surface area (Å²) in [6.07, 6.45) is 0. The molecule has 0 bridgehead atoms. The molecule has 1 aromatic heterocycles. The number of rotatable bonds is 6. The predicted molar refractivity (Wildman–Crippen MR) is 105 cm³/mol. The summed E-state index contributed by atoms with van der Waals surface area (Å²) in [7, 11) is 1.54. The average molecular weight is 382 g/mol. The zero-order valence-corrected chi connectivity index (χ0v) is 15.4. The highest BCUT2D eigenvalue weighted by Crippen LogP contribution is 2.18. The van der Waals surface area contributed by atoms with Crippen LogP contribution in [-0.2, 0) is 6.61 Å². The molecule has 0 saturated heterocycles. The largest absolute Gasteiger partial charge is 0.487 e. The van der Waals surface area contributed by atoms with E-state index in [0.717, 1.165) is 5.69 Å². The Balaban J connectivity index is 1.60. The van der Waals surface area contributed by atoms with E-state index in [-0.39, 0.29) is 11.9 Å². The topological polar surface area (TPSA) is 92.4 Å². The first-order valence-electron chi connectivity index (χ1n) is 8.14. The molecule has 0 saturated carbocycles. The van der Waals surface area contributed by atoms with E-state index in [2.05, 4.69) is 20.9 Å². The monoisotopic (exact) mass is 382 g/mol. The molecule has 2 aromatic carbocycles. The second-order valence-corrected chi connectivity index (χ2v) is 6.25. The lowest BCUT2D eigenvalue weighted by Gasteiger charge is -2.09. The maximum atomic E-state index is 12.5. The molecule has 0 fully saturated rings. The first-order valence-corrected chi connectivity index (χ1v) is 9.08. The van der Waals surface area contributed by atoms with Gasteiger partial charge in [-0.15, -0.1) is 11.3 Å². The van der Waals surface area contributed by atoms with Gasteiger partial charge in [0.15, 0.2) is 0 Å². The highest BCUT2D eigenvalue weighted by atomic mass is 32.1. The van der Waals surface area contributed by atoms with Crippen molar-refractivity contribution in [3.63, 3.8) is 0 Å². The Hall–Kier alpha value is -3.39. The number of carbonyl (C=O) groups is 2. The van der Waals surface area contributed by atoms with Crippen molar-refractivity contribution in [3.05, 3.63) is 70.7 Å². The Kier molecular flexibility index (Phi) is 6.01. The number of carbonyl (C=O) groups excluding carboxylic acids is 2. The van der Waals surface area contributed by atoms with Crippen molar-refractivity contribution in [3.8, 4) is 5.75 Å². The highest BCUT2D eigenvalue weighted by molar-refractivity contribution is 7.07. The number of hydrogen-bond acceptors (Lipinski definition) is 5. The lowest BCUT2D eigenvalue weighted by atomic mass is 10.2. The lowest BCUT2D eigenvalue weighted by Crippen LogP contribution is -2.24. The van der Waals surface area contributed by atoms with E-state index in [9.17, 15) is 9.59 Å². The van der Waals surface area contributed by atoms with E-state index in [1.807, 2.05) is 5.38 Å². The van der Waals surface area contributed by atoms with Gasteiger partial charge in [-0.2, -0.15) is 0 Å². The highest BCUT2D eigenvalue weighted by Gasteiger charge is 2.08. The van der Waals surface area contributed by atoms with Crippen molar-refractivity contribution in [2.75, 3.05) is 17.7 Å². The molecule has 3 N–H and O–H groups in total. The van der Waals surface area contributed by atoms with Crippen LogP contribution in [0, 0.1) is 0 Å². The van der Waals surface area contributed by atoms with Crippen molar-refractivity contribution >= 4 is 34.6 Å². The second-order valence-electron chi connectivity index (χ2n) is 5.53. The van der Waals surface area contributed by atoms with Crippen molar-refractivity contribution < 1.29 is 14.3 Å². The van der Waals surface area contributed by atoms with Gasteiger partial charge in [0.25, 0.3) is 5.91 Å². The van der Waals surface area contributed by atoms with Crippen LogP contribution in [0.1, 0.15) is 16.1 Å². The minimum atomic E-state index is -0.304. The Labute approximate surface area is 160 Å². The van der Waals surface area contributed by atoms with Crippen molar-refractivity contribution in [1.29, 1.82) is 0 Å². The quantitative estimate of drug-likeness (QED) is 0.606. The van der Waals surface area contributed by atoms with Gasteiger partial charge in [-0.1, -0.05) is 6.07 Å². The smallest absolute Gasteiger partial charge is 0.318 e. The molecular formula is C19H18N4O3S. The molecule has 8 heteroatoms. The molecule has 0 aliphatic heterocycles. The third-order valence-corrected chi connectivity index (χ3v) is 4.23. The van der Waals surface area contributed by atoms with Crippen LogP contribution in [0.2, 0.25) is 0 Å². The molecule has 0 atom stereocenters. The van der Waals surface area contributed by atoms with E-state index in [1.54, 1.807) is 61.1 Å².